The first-order valence-corrected chi connectivity index (χ1v) is 7.19. The molecule has 1 aliphatic heterocycles. The number of carbonyl (C=O) groups excluding carboxylic acids is 2. The van der Waals surface area contributed by atoms with E-state index in [-0.39, 0.29) is 24.4 Å². The molecule has 114 valence electrons. The second-order valence-electron chi connectivity index (χ2n) is 4.65. The van der Waals surface area contributed by atoms with Gasteiger partial charge in [0.25, 0.3) is 5.91 Å². The molecule has 0 radical (unpaired) electrons. The minimum atomic E-state index is -0.358. The highest BCUT2D eigenvalue weighted by atomic mass is 35.5. The first-order valence-electron chi connectivity index (χ1n) is 6.44. The van der Waals surface area contributed by atoms with Gasteiger partial charge in [0, 0.05) is 18.7 Å². The molecule has 2 rings (SSSR count). The average molecular weight is 332 g/mol. The number of hydrogen-bond donors (Lipinski definition) is 0. The van der Waals surface area contributed by atoms with Crippen LogP contribution >= 0.6 is 23.2 Å². The Bertz CT molecular complexity index is 550. The molecule has 0 saturated carbocycles. The average Bonchev–Trinajstić information content (AvgIpc) is 2.49. The molecule has 7 heteroatoms. The van der Waals surface area contributed by atoms with Crippen LogP contribution in [0.3, 0.4) is 0 Å². The topological polar surface area (TPSA) is 55.8 Å². The van der Waals surface area contributed by atoms with Crippen molar-refractivity contribution in [2.45, 2.75) is 12.5 Å². The molecular weight excluding hydrogens is 317 g/mol. The van der Waals surface area contributed by atoms with E-state index in [1.165, 1.54) is 13.2 Å². The maximum Gasteiger partial charge on any atom is 0.308 e. The fourth-order valence-corrected chi connectivity index (χ4v) is 2.41. The Kier molecular flexibility index (Phi) is 5.45. The Hall–Kier alpha value is -1.30. The fourth-order valence-electron chi connectivity index (χ4n) is 2.11. The normalized spacial score (nSPS) is 18.4. The number of hydrogen-bond acceptors (Lipinski definition) is 4. The predicted octanol–water partition coefficient (Wildman–Crippen LogP) is 2.40. The largest absolute Gasteiger partial charge is 0.469 e. The summed E-state index contributed by atoms with van der Waals surface area (Å²) in [5.74, 6) is -0.518. The molecule has 21 heavy (non-hydrogen) atoms. The van der Waals surface area contributed by atoms with Crippen LogP contribution in [0.5, 0.6) is 0 Å². The van der Waals surface area contributed by atoms with Gasteiger partial charge in [-0.3, -0.25) is 9.59 Å². The maximum absolute atomic E-state index is 12.4. The molecule has 1 heterocycles. The second-order valence-corrected chi connectivity index (χ2v) is 5.47. The Morgan fingerprint density at radius 1 is 1.38 bits per heavy atom. The minimum absolute atomic E-state index is 0.127. The maximum atomic E-state index is 12.4. The van der Waals surface area contributed by atoms with Gasteiger partial charge in [-0.2, -0.15) is 0 Å². The van der Waals surface area contributed by atoms with Gasteiger partial charge in [-0.15, -0.1) is 0 Å². The van der Waals surface area contributed by atoms with Crippen molar-refractivity contribution in [2.75, 3.05) is 26.8 Å². The van der Waals surface area contributed by atoms with E-state index in [2.05, 4.69) is 4.74 Å². The summed E-state index contributed by atoms with van der Waals surface area (Å²) in [7, 11) is 1.32. The standard InChI is InChI=1S/C14H15Cl2NO4/c1-20-13(18)7-10-8-17(4-5-21-10)14(19)9-2-3-11(15)12(16)6-9/h2-3,6,10H,4-5,7-8H2,1H3. The smallest absolute Gasteiger partial charge is 0.308 e. The number of rotatable bonds is 3. The van der Waals surface area contributed by atoms with E-state index < -0.39 is 0 Å². The zero-order valence-corrected chi connectivity index (χ0v) is 13.0. The van der Waals surface area contributed by atoms with Crippen LogP contribution in [-0.4, -0.2) is 49.7 Å². The van der Waals surface area contributed by atoms with Crippen molar-refractivity contribution >= 4 is 35.1 Å². The highest BCUT2D eigenvalue weighted by Gasteiger charge is 2.27. The first-order chi connectivity index (χ1) is 10.0. The summed E-state index contributed by atoms with van der Waals surface area (Å²) in [4.78, 5) is 25.3. The van der Waals surface area contributed by atoms with Crippen molar-refractivity contribution in [2.24, 2.45) is 0 Å². The van der Waals surface area contributed by atoms with Crippen LogP contribution in [0.15, 0.2) is 18.2 Å². The van der Waals surface area contributed by atoms with Crippen molar-refractivity contribution in [1.29, 1.82) is 0 Å². The van der Waals surface area contributed by atoms with Gasteiger partial charge in [0.1, 0.15) is 0 Å². The van der Waals surface area contributed by atoms with Crippen LogP contribution < -0.4 is 0 Å². The number of methoxy groups -OCH3 is 1. The first kappa shape index (κ1) is 16.1. The van der Waals surface area contributed by atoms with E-state index in [0.29, 0.717) is 35.3 Å². The highest BCUT2D eigenvalue weighted by molar-refractivity contribution is 6.42. The van der Waals surface area contributed by atoms with E-state index >= 15 is 0 Å². The van der Waals surface area contributed by atoms with Gasteiger partial charge in [-0.25, -0.2) is 0 Å². The van der Waals surface area contributed by atoms with Crippen molar-refractivity contribution < 1.29 is 19.1 Å². The van der Waals surface area contributed by atoms with Crippen LogP contribution in [0.4, 0.5) is 0 Å². The van der Waals surface area contributed by atoms with Gasteiger partial charge in [0.15, 0.2) is 0 Å². The summed E-state index contributed by atoms with van der Waals surface area (Å²) < 4.78 is 10.1. The second kappa shape index (κ2) is 7.11. The molecule has 1 aliphatic rings. The number of ether oxygens (including phenoxy) is 2. The molecule has 1 atom stereocenters. The van der Waals surface area contributed by atoms with E-state index in [0.717, 1.165) is 0 Å². The van der Waals surface area contributed by atoms with Crippen molar-refractivity contribution in [3.63, 3.8) is 0 Å². The third-order valence-electron chi connectivity index (χ3n) is 3.21. The summed E-state index contributed by atoms with van der Waals surface area (Å²) in [5.41, 5.74) is 0.461. The van der Waals surface area contributed by atoms with Gasteiger partial charge in [-0.1, -0.05) is 23.2 Å². The highest BCUT2D eigenvalue weighted by Crippen LogP contribution is 2.23. The molecule has 0 N–H and O–H groups in total. The van der Waals surface area contributed by atoms with Crippen LogP contribution in [0, 0.1) is 0 Å². The molecule has 1 aromatic carbocycles. The lowest BCUT2D eigenvalue weighted by Crippen LogP contribution is -2.46. The van der Waals surface area contributed by atoms with Gasteiger partial charge in [0.2, 0.25) is 0 Å². The molecule has 1 unspecified atom stereocenters. The molecule has 5 nitrogen and oxygen atoms in total. The molecular formula is C14H15Cl2NO4. The molecule has 1 saturated heterocycles. The monoisotopic (exact) mass is 331 g/mol. The van der Waals surface area contributed by atoms with Crippen LogP contribution in [0.2, 0.25) is 10.0 Å². The van der Waals surface area contributed by atoms with Gasteiger partial charge >= 0.3 is 5.97 Å². The molecule has 0 spiro atoms. The SMILES string of the molecule is COC(=O)CC1CN(C(=O)c2ccc(Cl)c(Cl)c2)CCO1. The van der Waals surface area contributed by atoms with Crippen molar-refractivity contribution in [1.82, 2.24) is 4.90 Å². The van der Waals surface area contributed by atoms with E-state index in [1.54, 1.807) is 17.0 Å². The summed E-state index contributed by atoms with van der Waals surface area (Å²) in [6, 6.07) is 4.75. The Balaban J connectivity index is 2.04. The summed E-state index contributed by atoms with van der Waals surface area (Å²) in [5, 5.41) is 0.737. The molecule has 0 bridgehead atoms. The number of amides is 1. The molecule has 1 fully saturated rings. The number of halogens is 2. The van der Waals surface area contributed by atoms with Crippen molar-refractivity contribution in [3.8, 4) is 0 Å². The number of esters is 1. The Labute approximate surface area is 132 Å². The lowest BCUT2D eigenvalue weighted by Gasteiger charge is -2.32. The van der Waals surface area contributed by atoms with Gasteiger partial charge < -0.3 is 14.4 Å². The number of carbonyl (C=O) groups is 2. The quantitative estimate of drug-likeness (QED) is 0.798. The predicted molar refractivity (Wildman–Crippen MR) is 78.7 cm³/mol. The summed E-state index contributed by atoms with van der Waals surface area (Å²) in [6.45, 7) is 1.19. The van der Waals surface area contributed by atoms with Crippen LogP contribution in [-0.2, 0) is 14.3 Å². The molecule has 1 aromatic rings. The number of benzene rings is 1. The Morgan fingerprint density at radius 2 is 2.14 bits per heavy atom. The molecule has 1 amide bonds. The third-order valence-corrected chi connectivity index (χ3v) is 3.95. The zero-order chi connectivity index (χ0) is 15.4. The number of morpholine rings is 1. The van der Waals surface area contributed by atoms with Gasteiger partial charge in [-0.05, 0) is 18.2 Å². The molecule has 0 aliphatic carbocycles. The zero-order valence-electron chi connectivity index (χ0n) is 11.5. The molecule has 0 aromatic heterocycles. The lowest BCUT2D eigenvalue weighted by molar-refractivity contribution is -0.145. The van der Waals surface area contributed by atoms with E-state index in [1.807, 2.05) is 0 Å². The van der Waals surface area contributed by atoms with E-state index in [9.17, 15) is 9.59 Å². The van der Waals surface area contributed by atoms with Crippen molar-refractivity contribution in [3.05, 3.63) is 33.8 Å². The number of nitrogens with zero attached hydrogens (tertiary/aromatic N) is 1. The summed E-state index contributed by atoms with van der Waals surface area (Å²) >= 11 is 11.8. The van der Waals surface area contributed by atoms with Gasteiger partial charge in [0.05, 0.1) is 36.3 Å². The lowest BCUT2D eigenvalue weighted by atomic mass is 10.1. The fraction of sp³-hybridized carbons (Fsp3) is 0.429. The Morgan fingerprint density at radius 3 is 2.81 bits per heavy atom. The third kappa shape index (κ3) is 4.09. The van der Waals surface area contributed by atoms with E-state index in [4.69, 9.17) is 27.9 Å². The van der Waals surface area contributed by atoms with Crippen LogP contribution in [0.25, 0.3) is 0 Å². The van der Waals surface area contributed by atoms with Crippen LogP contribution in [0.1, 0.15) is 16.8 Å². The summed E-state index contributed by atoms with van der Waals surface area (Å²) in [6.07, 6.45) is -0.223. The minimum Gasteiger partial charge on any atom is -0.469 e.